The topological polar surface area (TPSA) is 12.4 Å². The van der Waals surface area contributed by atoms with E-state index >= 15 is 0 Å². The predicted octanol–water partition coefficient (Wildman–Crippen LogP) is 4.29. The van der Waals surface area contributed by atoms with Crippen molar-refractivity contribution in [2.24, 2.45) is 10.9 Å². The molecule has 0 saturated heterocycles. The summed E-state index contributed by atoms with van der Waals surface area (Å²) in [4.78, 5) is 4.07. The molecule has 0 atom stereocenters. The molecule has 0 aromatic rings. The van der Waals surface area contributed by atoms with Crippen molar-refractivity contribution < 1.29 is 0 Å². The molecule has 1 saturated carbocycles. The fraction of sp³-hybridized carbons (Fsp3) is 0.583. The first-order chi connectivity index (χ1) is 6.72. The van der Waals surface area contributed by atoms with Crippen LogP contribution in [0, 0.1) is 5.92 Å². The van der Waals surface area contributed by atoms with Crippen molar-refractivity contribution in [3.05, 3.63) is 24.4 Å². The maximum absolute atomic E-state index is 5.65. The molecular formula is C12H18ClN. The molecule has 0 unspecified atom stereocenters. The molecule has 0 spiro atoms. The molecule has 0 aromatic carbocycles. The molecule has 1 aliphatic carbocycles. The molecule has 0 N–H and O–H groups in total. The van der Waals surface area contributed by atoms with Crippen molar-refractivity contribution in [2.45, 2.75) is 39.0 Å². The molecule has 1 fully saturated rings. The smallest absolute Gasteiger partial charge is 0.103 e. The Bertz CT molecular complexity index is 245. The zero-order valence-corrected chi connectivity index (χ0v) is 9.56. The van der Waals surface area contributed by atoms with E-state index in [-0.39, 0.29) is 0 Å². The van der Waals surface area contributed by atoms with Crippen LogP contribution in [0.2, 0.25) is 0 Å². The van der Waals surface area contributed by atoms with Crippen LogP contribution in [0.5, 0.6) is 0 Å². The fourth-order valence-electron chi connectivity index (χ4n) is 1.54. The van der Waals surface area contributed by atoms with Gasteiger partial charge < -0.3 is 0 Å². The van der Waals surface area contributed by atoms with Gasteiger partial charge in [0, 0.05) is 6.20 Å². The largest absolute Gasteiger partial charge is 0.249 e. The van der Waals surface area contributed by atoms with Crippen LogP contribution < -0.4 is 0 Å². The molecule has 0 aromatic heterocycles. The zero-order valence-electron chi connectivity index (χ0n) is 8.80. The quantitative estimate of drug-likeness (QED) is 0.475. The lowest BCUT2D eigenvalue weighted by Gasteiger charge is -2.25. The maximum Gasteiger partial charge on any atom is 0.103 e. The second-order valence-corrected chi connectivity index (χ2v) is 4.42. The van der Waals surface area contributed by atoms with Gasteiger partial charge in [-0.05, 0) is 31.3 Å². The number of nitrogens with zero attached hydrogens (tertiary/aromatic N) is 1. The molecule has 1 nitrogen and oxygen atoms in total. The van der Waals surface area contributed by atoms with Crippen molar-refractivity contribution in [2.75, 3.05) is 0 Å². The second kappa shape index (κ2) is 6.02. The molecular weight excluding hydrogens is 194 g/mol. The third-order valence-corrected chi connectivity index (χ3v) is 2.83. The highest BCUT2D eigenvalue weighted by molar-refractivity contribution is 6.64. The highest BCUT2D eigenvalue weighted by Gasteiger charge is 2.16. The molecule has 0 aliphatic heterocycles. The molecule has 1 aliphatic rings. The minimum absolute atomic E-state index is 0.577. The number of aliphatic imine (C=N–C) groups is 1. The third-order valence-electron chi connectivity index (χ3n) is 2.74. The van der Waals surface area contributed by atoms with Gasteiger partial charge in [0.25, 0.3) is 0 Å². The van der Waals surface area contributed by atoms with Crippen LogP contribution in [0.3, 0.4) is 0 Å². The lowest BCUT2D eigenvalue weighted by molar-refractivity contribution is 0.297. The first-order valence-electron chi connectivity index (χ1n) is 5.23. The van der Waals surface area contributed by atoms with Gasteiger partial charge in [0.1, 0.15) is 5.17 Å². The Morgan fingerprint density at radius 1 is 1.57 bits per heavy atom. The zero-order chi connectivity index (χ0) is 10.4. The monoisotopic (exact) mass is 211 g/mol. The number of halogens is 1. The van der Waals surface area contributed by atoms with Crippen LogP contribution in [0.15, 0.2) is 29.4 Å². The Morgan fingerprint density at radius 3 is 2.71 bits per heavy atom. The summed E-state index contributed by atoms with van der Waals surface area (Å²) in [6, 6.07) is 0. The Hall–Kier alpha value is -0.560. The molecule has 78 valence electrons. The summed E-state index contributed by atoms with van der Waals surface area (Å²) in [6.45, 7) is 5.56. The van der Waals surface area contributed by atoms with Gasteiger partial charge in [-0.1, -0.05) is 43.5 Å². The summed E-state index contributed by atoms with van der Waals surface area (Å²) in [5.41, 5.74) is 1.19. The Labute approximate surface area is 91.6 Å². The second-order valence-electron chi connectivity index (χ2n) is 3.87. The van der Waals surface area contributed by atoms with E-state index < -0.39 is 0 Å². The van der Waals surface area contributed by atoms with E-state index in [2.05, 4.69) is 11.6 Å². The molecule has 2 heteroatoms. The molecule has 0 radical (unpaired) electrons. The van der Waals surface area contributed by atoms with Crippen LogP contribution in [0.4, 0.5) is 0 Å². The SMILES string of the molecule is C=C/C(=C\N=C(/C)Cl)CCC1CCC1. The van der Waals surface area contributed by atoms with Gasteiger partial charge in [-0.25, -0.2) is 4.99 Å². The van der Waals surface area contributed by atoms with Crippen LogP contribution in [-0.2, 0) is 0 Å². The van der Waals surface area contributed by atoms with E-state index in [1.807, 2.05) is 12.3 Å². The summed E-state index contributed by atoms with van der Waals surface area (Å²) in [5, 5.41) is 0.577. The van der Waals surface area contributed by atoms with Crippen LogP contribution >= 0.6 is 11.6 Å². The van der Waals surface area contributed by atoms with E-state index in [1.165, 1.54) is 31.3 Å². The number of allylic oxidation sites excluding steroid dienone is 2. The van der Waals surface area contributed by atoms with Gasteiger partial charge in [-0.2, -0.15) is 0 Å². The molecule has 0 amide bonds. The van der Waals surface area contributed by atoms with Crippen LogP contribution in [0.1, 0.15) is 39.0 Å². The van der Waals surface area contributed by atoms with Crippen molar-refractivity contribution in [3.8, 4) is 0 Å². The van der Waals surface area contributed by atoms with Crippen LogP contribution in [0.25, 0.3) is 0 Å². The van der Waals surface area contributed by atoms with Gasteiger partial charge in [0.2, 0.25) is 0 Å². The molecule has 0 heterocycles. The minimum atomic E-state index is 0.577. The third kappa shape index (κ3) is 4.10. The first kappa shape index (κ1) is 11.5. The average Bonchev–Trinajstić information content (AvgIpc) is 2.07. The van der Waals surface area contributed by atoms with Gasteiger partial charge in [-0.3, -0.25) is 0 Å². The number of rotatable bonds is 5. The minimum Gasteiger partial charge on any atom is -0.249 e. The van der Waals surface area contributed by atoms with Crippen molar-refractivity contribution >= 4 is 16.8 Å². The highest BCUT2D eigenvalue weighted by atomic mass is 35.5. The number of hydrogen-bond acceptors (Lipinski definition) is 1. The van der Waals surface area contributed by atoms with E-state index in [1.54, 1.807) is 6.92 Å². The van der Waals surface area contributed by atoms with Gasteiger partial charge in [0.15, 0.2) is 0 Å². The summed E-state index contributed by atoms with van der Waals surface area (Å²) in [6.07, 6.45) is 10.3. The normalized spacial score (nSPS) is 19.3. The molecule has 0 bridgehead atoms. The summed E-state index contributed by atoms with van der Waals surface area (Å²) in [5.74, 6) is 0.944. The summed E-state index contributed by atoms with van der Waals surface area (Å²) in [7, 11) is 0. The molecule has 1 rings (SSSR count). The Morgan fingerprint density at radius 2 is 2.29 bits per heavy atom. The van der Waals surface area contributed by atoms with Gasteiger partial charge >= 0.3 is 0 Å². The summed E-state index contributed by atoms with van der Waals surface area (Å²) >= 11 is 5.65. The van der Waals surface area contributed by atoms with E-state index in [0.29, 0.717) is 5.17 Å². The lowest BCUT2D eigenvalue weighted by Crippen LogP contribution is -2.10. The van der Waals surface area contributed by atoms with Crippen molar-refractivity contribution in [3.63, 3.8) is 0 Å². The van der Waals surface area contributed by atoms with E-state index in [4.69, 9.17) is 11.6 Å². The van der Waals surface area contributed by atoms with Crippen molar-refractivity contribution in [1.29, 1.82) is 0 Å². The predicted molar refractivity (Wildman–Crippen MR) is 63.8 cm³/mol. The highest BCUT2D eigenvalue weighted by Crippen LogP contribution is 2.31. The fourth-order valence-corrected chi connectivity index (χ4v) is 1.59. The van der Waals surface area contributed by atoms with E-state index in [0.717, 1.165) is 12.3 Å². The summed E-state index contributed by atoms with van der Waals surface area (Å²) < 4.78 is 0. The van der Waals surface area contributed by atoms with Crippen molar-refractivity contribution in [1.82, 2.24) is 0 Å². The first-order valence-corrected chi connectivity index (χ1v) is 5.61. The standard InChI is InChI=1S/C12H18ClN/c1-3-11(9-14-10(2)13)7-8-12-5-4-6-12/h3,9,12H,1,4-8H2,2H3/b11-9+,14-10+. The van der Waals surface area contributed by atoms with E-state index in [9.17, 15) is 0 Å². The van der Waals surface area contributed by atoms with Crippen LogP contribution in [-0.4, -0.2) is 5.17 Å². The Kier molecular flexibility index (Phi) is 4.95. The number of hydrogen-bond donors (Lipinski definition) is 0. The average molecular weight is 212 g/mol. The molecule has 14 heavy (non-hydrogen) atoms. The maximum atomic E-state index is 5.65. The van der Waals surface area contributed by atoms with Gasteiger partial charge in [0.05, 0.1) is 0 Å². The lowest BCUT2D eigenvalue weighted by atomic mass is 9.81. The Balaban J connectivity index is 2.33. The van der Waals surface area contributed by atoms with Gasteiger partial charge in [-0.15, -0.1) is 0 Å².